The second-order valence-electron chi connectivity index (χ2n) is 7.02. The van der Waals surface area contributed by atoms with Crippen LogP contribution in [0.1, 0.15) is 11.1 Å². The van der Waals surface area contributed by atoms with E-state index in [1.54, 1.807) is 0 Å². The highest BCUT2D eigenvalue weighted by atomic mass is 15.6. The largest absolute Gasteiger partial charge is 0.277 e. The lowest BCUT2D eigenvalue weighted by molar-refractivity contribution is 1.03. The smallest absolute Gasteiger partial charge is 0.167 e. The molecule has 5 rings (SSSR count). The molecular weight excluding hydrogens is 366 g/mol. The fourth-order valence-electron chi connectivity index (χ4n) is 3.58. The Morgan fingerprint density at radius 2 is 1.03 bits per heavy atom. The first-order chi connectivity index (χ1) is 14.9. The third kappa shape index (κ3) is 3.49. The minimum absolute atomic E-state index is 0.896. The van der Waals surface area contributed by atoms with Gasteiger partial charge in [-0.2, -0.15) is 0 Å². The molecule has 1 aliphatic heterocycles. The van der Waals surface area contributed by atoms with Crippen LogP contribution in [0, 0.1) is 0 Å². The number of amidine groups is 1. The minimum atomic E-state index is 0.896. The van der Waals surface area contributed by atoms with Crippen molar-refractivity contribution in [1.29, 1.82) is 0 Å². The maximum atomic E-state index is 5.07. The van der Waals surface area contributed by atoms with Gasteiger partial charge < -0.3 is 0 Å². The molecule has 0 N–H and O–H groups in total. The Balaban J connectivity index is 1.72. The lowest BCUT2D eigenvalue weighted by Crippen LogP contribution is -2.29. The second-order valence-corrected chi connectivity index (χ2v) is 7.02. The highest BCUT2D eigenvalue weighted by molar-refractivity contribution is 6.15. The van der Waals surface area contributed by atoms with Crippen LogP contribution in [-0.2, 0) is 0 Å². The Bertz CT molecular complexity index is 1170. The summed E-state index contributed by atoms with van der Waals surface area (Å²) in [4.78, 5) is 2.22. The first-order valence-corrected chi connectivity index (χ1v) is 10.0. The second kappa shape index (κ2) is 8.10. The van der Waals surface area contributed by atoms with Crippen LogP contribution >= 0.6 is 0 Å². The minimum Gasteiger partial charge on any atom is -0.277 e. The summed E-state index contributed by atoms with van der Waals surface area (Å²) >= 11 is 0. The van der Waals surface area contributed by atoms with Gasteiger partial charge in [0.25, 0.3) is 0 Å². The fraction of sp³-hybridized carbons (Fsp3) is 0. The van der Waals surface area contributed by atoms with Gasteiger partial charge in [0.15, 0.2) is 5.84 Å². The summed E-state index contributed by atoms with van der Waals surface area (Å²) in [6.45, 7) is 0. The molecule has 0 aromatic heterocycles. The van der Waals surface area contributed by atoms with Crippen molar-refractivity contribution in [2.75, 3.05) is 9.91 Å². The van der Waals surface area contributed by atoms with Gasteiger partial charge in [-0.05, 0) is 35.9 Å². The molecule has 0 radical (unpaired) electrons. The highest BCUT2D eigenvalue weighted by Gasteiger charge is 2.32. The Kier molecular flexibility index (Phi) is 4.84. The van der Waals surface area contributed by atoms with Gasteiger partial charge in [-0.25, -0.2) is 5.01 Å². The van der Waals surface area contributed by atoms with Gasteiger partial charge in [0.1, 0.15) is 5.82 Å². The Hall–Kier alpha value is -4.11. The van der Waals surface area contributed by atoms with Crippen LogP contribution in [0.15, 0.2) is 132 Å². The quantitative estimate of drug-likeness (QED) is 0.405. The molecule has 3 heteroatoms. The van der Waals surface area contributed by atoms with Gasteiger partial charge in [-0.15, -0.1) is 5.10 Å². The first kappa shape index (κ1) is 18.0. The lowest BCUT2D eigenvalue weighted by atomic mass is 10.1. The molecule has 0 atom stereocenters. The van der Waals surface area contributed by atoms with E-state index in [1.165, 1.54) is 0 Å². The van der Waals surface area contributed by atoms with Gasteiger partial charge >= 0.3 is 0 Å². The van der Waals surface area contributed by atoms with Gasteiger partial charge in [0.05, 0.1) is 5.69 Å². The maximum Gasteiger partial charge on any atom is 0.167 e. The third-order valence-electron chi connectivity index (χ3n) is 5.00. The van der Waals surface area contributed by atoms with Crippen LogP contribution in [0.2, 0.25) is 0 Å². The molecule has 0 unspecified atom stereocenters. The molecule has 0 bridgehead atoms. The average molecular weight is 387 g/mol. The van der Waals surface area contributed by atoms with Crippen molar-refractivity contribution in [3.8, 4) is 0 Å². The number of para-hydroxylation sites is 2. The third-order valence-corrected chi connectivity index (χ3v) is 5.00. The number of hydrogen-bond acceptors (Lipinski definition) is 3. The van der Waals surface area contributed by atoms with Crippen molar-refractivity contribution in [3.05, 3.63) is 138 Å². The van der Waals surface area contributed by atoms with Crippen molar-refractivity contribution < 1.29 is 0 Å². The van der Waals surface area contributed by atoms with E-state index in [0.29, 0.717) is 0 Å². The Morgan fingerprint density at radius 3 is 1.63 bits per heavy atom. The van der Waals surface area contributed by atoms with Gasteiger partial charge in [0.2, 0.25) is 0 Å². The van der Waals surface area contributed by atoms with E-state index in [1.807, 2.05) is 53.5 Å². The van der Waals surface area contributed by atoms with E-state index < -0.39 is 0 Å². The predicted octanol–water partition coefficient (Wildman–Crippen LogP) is 6.37. The zero-order valence-corrected chi connectivity index (χ0v) is 16.5. The number of rotatable bonds is 4. The molecule has 0 spiro atoms. The summed E-state index contributed by atoms with van der Waals surface area (Å²) < 4.78 is 0. The summed E-state index contributed by atoms with van der Waals surface area (Å²) in [6.07, 6.45) is 2.18. The van der Waals surface area contributed by atoms with Crippen molar-refractivity contribution in [2.45, 2.75) is 0 Å². The van der Waals surface area contributed by atoms with Crippen LogP contribution in [0.4, 0.5) is 11.4 Å². The van der Waals surface area contributed by atoms with Gasteiger partial charge in [-0.3, -0.25) is 4.90 Å². The summed E-state index contributed by atoms with van der Waals surface area (Å²) in [7, 11) is 0. The van der Waals surface area contributed by atoms with Crippen LogP contribution in [0.25, 0.3) is 6.08 Å². The Morgan fingerprint density at radius 1 is 0.533 bits per heavy atom. The van der Waals surface area contributed by atoms with Crippen molar-refractivity contribution in [2.24, 2.45) is 5.10 Å². The molecule has 0 fully saturated rings. The molecule has 3 nitrogen and oxygen atoms in total. The summed E-state index contributed by atoms with van der Waals surface area (Å²) in [5.41, 5.74) is 4.28. The molecular formula is C27H21N3. The molecule has 1 aliphatic rings. The molecule has 4 aromatic carbocycles. The van der Waals surface area contributed by atoms with Crippen molar-refractivity contribution in [1.82, 2.24) is 0 Å². The van der Waals surface area contributed by atoms with Crippen molar-refractivity contribution >= 4 is 23.3 Å². The van der Waals surface area contributed by atoms with E-state index in [4.69, 9.17) is 5.10 Å². The number of anilines is 2. The molecule has 4 aromatic rings. The molecule has 1 heterocycles. The van der Waals surface area contributed by atoms with E-state index in [2.05, 4.69) is 83.8 Å². The maximum absolute atomic E-state index is 5.07. The zero-order valence-electron chi connectivity index (χ0n) is 16.5. The van der Waals surface area contributed by atoms with Crippen LogP contribution in [-0.4, -0.2) is 5.84 Å². The fourth-order valence-corrected chi connectivity index (χ4v) is 3.58. The van der Waals surface area contributed by atoms with E-state index in [0.717, 1.165) is 34.2 Å². The summed E-state index contributed by atoms with van der Waals surface area (Å²) in [6, 6.07) is 41.4. The van der Waals surface area contributed by atoms with Crippen molar-refractivity contribution in [3.63, 3.8) is 0 Å². The number of hydrogen-bond donors (Lipinski definition) is 0. The summed E-state index contributed by atoms with van der Waals surface area (Å²) in [5, 5.41) is 7.09. The van der Waals surface area contributed by atoms with Crippen LogP contribution in [0.5, 0.6) is 0 Å². The van der Waals surface area contributed by atoms with E-state index in [-0.39, 0.29) is 0 Å². The highest BCUT2D eigenvalue weighted by Crippen LogP contribution is 2.35. The summed E-state index contributed by atoms with van der Waals surface area (Å²) in [5.74, 6) is 1.88. The average Bonchev–Trinajstić information content (AvgIpc) is 3.20. The molecule has 0 saturated heterocycles. The lowest BCUT2D eigenvalue weighted by Gasteiger charge is -2.25. The normalized spacial score (nSPS) is 14.8. The number of hydrazone groups is 1. The topological polar surface area (TPSA) is 18.8 Å². The molecule has 0 saturated carbocycles. The predicted molar refractivity (Wildman–Crippen MR) is 125 cm³/mol. The monoisotopic (exact) mass is 387 g/mol. The first-order valence-electron chi connectivity index (χ1n) is 10.0. The van der Waals surface area contributed by atoms with E-state index >= 15 is 0 Å². The number of benzene rings is 4. The SMILES string of the molecule is C(=C1/N(c2ccccc2)N=C(c2ccccc2)N1c1ccccc1)/c1ccccc1. The van der Waals surface area contributed by atoms with Crippen LogP contribution in [0.3, 0.4) is 0 Å². The molecule has 0 amide bonds. The molecule has 144 valence electrons. The van der Waals surface area contributed by atoms with Crippen LogP contribution < -0.4 is 9.91 Å². The molecule has 0 aliphatic carbocycles. The van der Waals surface area contributed by atoms with Gasteiger partial charge in [-0.1, -0.05) is 97.1 Å². The Labute approximate surface area is 176 Å². The molecule has 30 heavy (non-hydrogen) atoms. The standard InChI is InChI=1S/C27H21N3/c1-5-13-22(14-6-1)21-26-29(24-17-9-3-10-18-24)27(23-15-7-2-8-16-23)28-30(26)25-19-11-4-12-20-25/h1-21H/b26-21-. The zero-order chi connectivity index (χ0) is 20.2. The number of nitrogens with zero attached hydrogens (tertiary/aromatic N) is 3. The van der Waals surface area contributed by atoms with Gasteiger partial charge in [0, 0.05) is 11.3 Å². The van der Waals surface area contributed by atoms with E-state index in [9.17, 15) is 0 Å².